The van der Waals surface area contributed by atoms with Crippen molar-refractivity contribution in [3.63, 3.8) is 0 Å². The quantitative estimate of drug-likeness (QED) is 0.897. The predicted octanol–water partition coefficient (Wildman–Crippen LogP) is 3.73. The Hall–Kier alpha value is -1.65. The highest BCUT2D eigenvalue weighted by Gasteiger charge is 2.12. The Morgan fingerprint density at radius 2 is 1.89 bits per heavy atom. The summed E-state index contributed by atoms with van der Waals surface area (Å²) in [6, 6.07) is 9.88. The fourth-order valence-corrected chi connectivity index (χ4v) is 2.06. The number of anilines is 1. The second-order valence-corrected chi connectivity index (χ2v) is 4.58. The molecule has 2 nitrogen and oxygen atoms in total. The van der Waals surface area contributed by atoms with Gasteiger partial charge in [0.25, 0.3) is 0 Å². The second-order valence-electron chi connectivity index (χ2n) is 4.15. The van der Waals surface area contributed by atoms with Gasteiger partial charge in [0.2, 0.25) is 0 Å². The normalized spacial score (nSPS) is 12.2. The van der Waals surface area contributed by atoms with Crippen LogP contribution in [-0.4, -0.2) is 6.54 Å². The highest BCUT2D eigenvalue weighted by molar-refractivity contribution is 6.30. The van der Waals surface area contributed by atoms with Crippen LogP contribution in [0.15, 0.2) is 42.5 Å². The zero-order valence-electron chi connectivity index (χ0n) is 10.0. The van der Waals surface area contributed by atoms with E-state index in [9.17, 15) is 8.78 Å². The van der Waals surface area contributed by atoms with Crippen LogP contribution in [0.2, 0.25) is 5.02 Å². The second kappa shape index (κ2) is 5.99. The van der Waals surface area contributed by atoms with Gasteiger partial charge in [0, 0.05) is 17.3 Å². The van der Waals surface area contributed by atoms with Gasteiger partial charge in [-0.3, -0.25) is 0 Å². The fraction of sp³-hybridized carbons (Fsp3) is 0.143. The van der Waals surface area contributed by atoms with E-state index in [1.807, 2.05) is 0 Å². The van der Waals surface area contributed by atoms with Gasteiger partial charge in [0.05, 0.1) is 6.04 Å². The van der Waals surface area contributed by atoms with Crippen LogP contribution < -0.4 is 11.1 Å². The maximum atomic E-state index is 13.3. The van der Waals surface area contributed by atoms with Gasteiger partial charge in [0.15, 0.2) is 0 Å². The van der Waals surface area contributed by atoms with Gasteiger partial charge in [-0.1, -0.05) is 17.7 Å². The maximum Gasteiger partial charge on any atom is 0.125 e. The molecular formula is C14H13ClF2N2. The van der Waals surface area contributed by atoms with Crippen molar-refractivity contribution in [2.24, 2.45) is 5.73 Å². The van der Waals surface area contributed by atoms with Gasteiger partial charge in [0.1, 0.15) is 11.6 Å². The molecule has 0 aliphatic heterocycles. The van der Waals surface area contributed by atoms with Crippen LogP contribution in [0.5, 0.6) is 0 Å². The van der Waals surface area contributed by atoms with Crippen LogP contribution >= 0.6 is 11.6 Å². The van der Waals surface area contributed by atoms with E-state index in [0.29, 0.717) is 16.3 Å². The predicted molar refractivity (Wildman–Crippen MR) is 73.2 cm³/mol. The molecule has 100 valence electrons. The minimum absolute atomic E-state index is 0.232. The summed E-state index contributed by atoms with van der Waals surface area (Å²) < 4.78 is 26.4. The summed E-state index contributed by atoms with van der Waals surface area (Å²) in [7, 11) is 0. The Morgan fingerprint density at radius 1 is 1.11 bits per heavy atom. The van der Waals surface area contributed by atoms with Crippen molar-refractivity contribution in [3.8, 4) is 0 Å². The molecule has 0 amide bonds. The molecule has 19 heavy (non-hydrogen) atoms. The average Bonchev–Trinajstić information content (AvgIpc) is 2.34. The SMILES string of the molecule is NCC(Nc1cccc(F)c1)c1cc(F)cc(Cl)c1. The van der Waals surface area contributed by atoms with Gasteiger partial charge in [-0.05, 0) is 42.0 Å². The number of rotatable bonds is 4. The number of halogens is 3. The lowest BCUT2D eigenvalue weighted by atomic mass is 10.1. The first-order chi connectivity index (χ1) is 9.08. The first kappa shape index (κ1) is 13.8. The molecule has 0 saturated heterocycles. The molecule has 5 heteroatoms. The number of nitrogens with two attached hydrogens (primary N) is 1. The van der Waals surface area contributed by atoms with E-state index in [4.69, 9.17) is 17.3 Å². The lowest BCUT2D eigenvalue weighted by molar-refractivity contribution is 0.621. The molecule has 2 aromatic carbocycles. The van der Waals surface area contributed by atoms with Crippen molar-refractivity contribution in [1.29, 1.82) is 0 Å². The molecule has 0 aliphatic rings. The molecule has 0 aliphatic carbocycles. The molecular weight excluding hydrogens is 270 g/mol. The topological polar surface area (TPSA) is 38.0 Å². The summed E-state index contributed by atoms with van der Waals surface area (Å²) in [5, 5.41) is 3.35. The average molecular weight is 283 g/mol. The third-order valence-electron chi connectivity index (χ3n) is 2.69. The largest absolute Gasteiger partial charge is 0.377 e. The summed E-state index contributed by atoms with van der Waals surface area (Å²) in [5.41, 5.74) is 6.87. The van der Waals surface area contributed by atoms with E-state index in [-0.39, 0.29) is 18.4 Å². The van der Waals surface area contributed by atoms with E-state index in [0.717, 1.165) is 0 Å². The van der Waals surface area contributed by atoms with Crippen LogP contribution in [0.1, 0.15) is 11.6 Å². The first-order valence-corrected chi connectivity index (χ1v) is 6.14. The monoisotopic (exact) mass is 282 g/mol. The van der Waals surface area contributed by atoms with Gasteiger partial charge in [-0.2, -0.15) is 0 Å². The third kappa shape index (κ3) is 3.66. The highest BCUT2D eigenvalue weighted by Crippen LogP contribution is 2.23. The molecule has 3 N–H and O–H groups in total. The van der Waals surface area contributed by atoms with Crippen LogP contribution in [-0.2, 0) is 0 Å². The van der Waals surface area contributed by atoms with E-state index in [1.165, 1.54) is 24.3 Å². The Kier molecular flexibility index (Phi) is 4.35. The molecule has 0 bridgehead atoms. The summed E-state index contributed by atoms with van der Waals surface area (Å²) in [6.45, 7) is 0.232. The molecule has 2 aromatic rings. The molecule has 0 spiro atoms. The standard InChI is InChI=1S/C14H13ClF2N2/c15-10-4-9(5-12(17)6-10)14(8-18)19-13-3-1-2-11(16)7-13/h1-7,14,19H,8,18H2. The van der Waals surface area contributed by atoms with E-state index in [2.05, 4.69) is 5.32 Å². The summed E-state index contributed by atoms with van der Waals surface area (Å²) in [4.78, 5) is 0. The Balaban J connectivity index is 2.24. The molecule has 0 radical (unpaired) electrons. The van der Waals surface area contributed by atoms with Crippen molar-refractivity contribution < 1.29 is 8.78 Å². The van der Waals surface area contributed by atoms with E-state index >= 15 is 0 Å². The summed E-state index contributed by atoms with van der Waals surface area (Å²) in [5.74, 6) is -0.778. The van der Waals surface area contributed by atoms with Crippen molar-refractivity contribution in [2.75, 3.05) is 11.9 Å². The van der Waals surface area contributed by atoms with Gasteiger partial charge in [-0.25, -0.2) is 8.78 Å². The molecule has 1 unspecified atom stereocenters. The zero-order chi connectivity index (χ0) is 13.8. The van der Waals surface area contributed by atoms with Crippen LogP contribution in [0.25, 0.3) is 0 Å². The van der Waals surface area contributed by atoms with Crippen LogP contribution in [0, 0.1) is 11.6 Å². The number of hydrogen-bond donors (Lipinski definition) is 2. The van der Waals surface area contributed by atoms with Crippen molar-refractivity contribution in [1.82, 2.24) is 0 Å². The Bertz CT molecular complexity index is 555. The van der Waals surface area contributed by atoms with Gasteiger partial charge < -0.3 is 11.1 Å². The van der Waals surface area contributed by atoms with Crippen molar-refractivity contribution >= 4 is 17.3 Å². The minimum Gasteiger partial charge on any atom is -0.377 e. The third-order valence-corrected chi connectivity index (χ3v) is 2.91. The smallest absolute Gasteiger partial charge is 0.125 e. The molecule has 0 heterocycles. The first-order valence-electron chi connectivity index (χ1n) is 5.76. The summed E-state index contributed by atoms with van der Waals surface area (Å²) in [6.07, 6.45) is 0. The molecule has 1 atom stereocenters. The maximum absolute atomic E-state index is 13.3. The van der Waals surface area contributed by atoms with Crippen molar-refractivity contribution in [2.45, 2.75) is 6.04 Å². The molecule has 2 rings (SSSR count). The molecule has 0 aromatic heterocycles. The highest BCUT2D eigenvalue weighted by atomic mass is 35.5. The van der Waals surface area contributed by atoms with Crippen LogP contribution in [0.4, 0.5) is 14.5 Å². The van der Waals surface area contributed by atoms with Crippen LogP contribution in [0.3, 0.4) is 0 Å². The van der Waals surface area contributed by atoms with E-state index in [1.54, 1.807) is 18.2 Å². The minimum atomic E-state index is -0.429. The van der Waals surface area contributed by atoms with Crippen molar-refractivity contribution in [3.05, 3.63) is 64.7 Å². The lowest BCUT2D eigenvalue weighted by Crippen LogP contribution is -2.20. The number of hydrogen-bond acceptors (Lipinski definition) is 2. The Labute approximate surface area is 115 Å². The van der Waals surface area contributed by atoms with E-state index < -0.39 is 5.82 Å². The van der Waals surface area contributed by atoms with Gasteiger partial charge in [-0.15, -0.1) is 0 Å². The fourth-order valence-electron chi connectivity index (χ4n) is 1.83. The zero-order valence-corrected chi connectivity index (χ0v) is 10.8. The summed E-state index contributed by atoms with van der Waals surface area (Å²) >= 11 is 5.81. The molecule has 0 fully saturated rings. The van der Waals surface area contributed by atoms with Gasteiger partial charge >= 0.3 is 0 Å². The number of benzene rings is 2. The number of nitrogens with one attached hydrogen (secondary N) is 1. The Morgan fingerprint density at radius 3 is 2.53 bits per heavy atom. The lowest BCUT2D eigenvalue weighted by Gasteiger charge is -2.19. The molecule has 0 saturated carbocycles.